The van der Waals surface area contributed by atoms with E-state index in [-0.39, 0.29) is 10.8 Å². The van der Waals surface area contributed by atoms with Crippen molar-refractivity contribution >= 4 is 28.2 Å². The van der Waals surface area contributed by atoms with Gasteiger partial charge in [0.2, 0.25) is 5.13 Å². The van der Waals surface area contributed by atoms with Crippen molar-refractivity contribution < 1.29 is 13.6 Å². The van der Waals surface area contributed by atoms with Crippen molar-refractivity contribution in [2.75, 3.05) is 10.6 Å². The van der Waals surface area contributed by atoms with Crippen molar-refractivity contribution in [1.29, 1.82) is 0 Å². The molecule has 0 saturated heterocycles. The Bertz CT molecular complexity index is 757. The van der Waals surface area contributed by atoms with Crippen molar-refractivity contribution in [3.63, 3.8) is 0 Å². The Kier molecular flexibility index (Phi) is 3.61. The van der Waals surface area contributed by atoms with Gasteiger partial charge in [0, 0.05) is 0 Å². The minimum atomic E-state index is -0.595. The molecule has 3 rings (SSSR count). The first-order chi connectivity index (χ1) is 10.2. The van der Waals surface area contributed by atoms with Crippen LogP contribution in [-0.2, 0) is 0 Å². The number of para-hydroxylation sites is 1. The van der Waals surface area contributed by atoms with Crippen LogP contribution in [0.5, 0.6) is 0 Å². The van der Waals surface area contributed by atoms with Crippen molar-refractivity contribution in [3.05, 3.63) is 48.5 Å². The molecule has 2 aromatic heterocycles. The summed E-state index contributed by atoms with van der Waals surface area (Å²) in [5, 5.41) is 13.4. The van der Waals surface area contributed by atoms with E-state index in [4.69, 9.17) is 4.42 Å². The van der Waals surface area contributed by atoms with E-state index in [1.807, 2.05) is 0 Å². The lowest BCUT2D eigenvalue weighted by molar-refractivity contribution is 0.262. The summed E-state index contributed by atoms with van der Waals surface area (Å²) in [5.74, 6) is 0.0521. The summed E-state index contributed by atoms with van der Waals surface area (Å²) in [7, 11) is 0. The first kappa shape index (κ1) is 13.3. The molecule has 0 aliphatic carbocycles. The molecule has 0 spiro atoms. The topological polar surface area (TPSA) is 80.1 Å². The number of rotatable bonds is 3. The van der Waals surface area contributed by atoms with Crippen molar-refractivity contribution in [1.82, 2.24) is 10.2 Å². The molecule has 2 heterocycles. The predicted molar refractivity (Wildman–Crippen MR) is 76.7 cm³/mol. The second-order valence-corrected chi connectivity index (χ2v) is 4.93. The Hall–Kier alpha value is -2.74. The molecule has 0 unspecified atom stereocenters. The van der Waals surface area contributed by atoms with Gasteiger partial charge in [0.05, 0.1) is 12.0 Å². The summed E-state index contributed by atoms with van der Waals surface area (Å²) in [6.45, 7) is 0. The first-order valence-corrected chi connectivity index (χ1v) is 6.74. The van der Waals surface area contributed by atoms with E-state index >= 15 is 0 Å². The minimum Gasteiger partial charge on any atom is -0.462 e. The zero-order valence-electron chi connectivity index (χ0n) is 10.5. The van der Waals surface area contributed by atoms with Crippen LogP contribution >= 0.6 is 11.3 Å². The standard InChI is InChI=1S/C13H9FN4O2S/c14-8-4-1-2-5-9(8)15-12(19)16-13-18-17-11(21-13)10-6-3-7-20-10/h1-7H,(H2,15,16,18,19). The molecular formula is C13H9FN4O2S. The first-order valence-electron chi connectivity index (χ1n) is 5.92. The number of halogens is 1. The SMILES string of the molecule is O=C(Nc1nnc(-c2ccco2)s1)Nc1ccccc1F. The normalized spacial score (nSPS) is 10.3. The van der Waals surface area contributed by atoms with E-state index in [0.29, 0.717) is 10.8 Å². The van der Waals surface area contributed by atoms with Crippen LogP contribution in [0, 0.1) is 5.82 Å². The molecule has 2 N–H and O–H groups in total. The average molecular weight is 304 g/mol. The van der Waals surface area contributed by atoms with Gasteiger partial charge in [0.25, 0.3) is 0 Å². The van der Waals surface area contributed by atoms with E-state index in [0.717, 1.165) is 11.3 Å². The number of aromatic nitrogens is 2. The maximum Gasteiger partial charge on any atom is 0.325 e. The number of benzene rings is 1. The van der Waals surface area contributed by atoms with Crippen LogP contribution in [0.15, 0.2) is 47.1 Å². The Morgan fingerprint density at radius 2 is 2.00 bits per heavy atom. The van der Waals surface area contributed by atoms with E-state index in [1.165, 1.54) is 18.4 Å². The zero-order chi connectivity index (χ0) is 14.7. The molecule has 0 saturated carbocycles. The summed E-state index contributed by atoms with van der Waals surface area (Å²) >= 11 is 1.15. The quantitative estimate of drug-likeness (QED) is 0.775. The number of carbonyl (C=O) groups is 1. The number of hydrogen-bond acceptors (Lipinski definition) is 5. The number of urea groups is 1. The van der Waals surface area contributed by atoms with Crippen LogP contribution in [0.25, 0.3) is 10.8 Å². The number of nitrogens with zero attached hydrogens (tertiary/aromatic N) is 2. The highest BCUT2D eigenvalue weighted by molar-refractivity contribution is 7.18. The Balaban J connectivity index is 1.67. The Morgan fingerprint density at radius 3 is 2.76 bits per heavy atom. The van der Waals surface area contributed by atoms with Crippen molar-refractivity contribution in [3.8, 4) is 10.8 Å². The number of nitrogens with one attached hydrogen (secondary N) is 2. The van der Waals surface area contributed by atoms with Gasteiger partial charge in [-0.1, -0.05) is 23.5 Å². The fraction of sp³-hybridized carbons (Fsp3) is 0. The van der Waals surface area contributed by atoms with Crippen LogP contribution in [-0.4, -0.2) is 16.2 Å². The van der Waals surface area contributed by atoms with Crippen LogP contribution in [0.1, 0.15) is 0 Å². The van der Waals surface area contributed by atoms with E-state index in [1.54, 1.807) is 24.3 Å². The molecule has 0 atom stereocenters. The Morgan fingerprint density at radius 1 is 1.14 bits per heavy atom. The molecule has 1 aromatic carbocycles. The molecule has 8 heteroatoms. The number of hydrogen-bond donors (Lipinski definition) is 2. The second kappa shape index (κ2) is 5.71. The number of amides is 2. The second-order valence-electron chi connectivity index (χ2n) is 3.95. The summed E-state index contributed by atoms with van der Waals surface area (Å²) in [5.41, 5.74) is 0.0887. The maximum atomic E-state index is 13.4. The third-order valence-corrected chi connectivity index (χ3v) is 3.35. The minimum absolute atomic E-state index is 0.0887. The van der Waals surface area contributed by atoms with Gasteiger partial charge in [0.1, 0.15) is 5.82 Å². The number of anilines is 2. The average Bonchev–Trinajstić information content (AvgIpc) is 3.12. The molecule has 6 nitrogen and oxygen atoms in total. The molecule has 2 amide bonds. The lowest BCUT2D eigenvalue weighted by atomic mass is 10.3. The van der Waals surface area contributed by atoms with E-state index in [9.17, 15) is 9.18 Å². The predicted octanol–water partition coefficient (Wildman–Crippen LogP) is 3.58. The summed E-state index contributed by atoms with van der Waals surface area (Å²) < 4.78 is 18.6. The molecule has 21 heavy (non-hydrogen) atoms. The van der Waals surface area contributed by atoms with Gasteiger partial charge in [0.15, 0.2) is 10.8 Å². The lowest BCUT2D eigenvalue weighted by Gasteiger charge is -2.05. The van der Waals surface area contributed by atoms with Gasteiger partial charge < -0.3 is 9.73 Å². The van der Waals surface area contributed by atoms with Crippen LogP contribution in [0.4, 0.5) is 20.0 Å². The third kappa shape index (κ3) is 3.06. The zero-order valence-corrected chi connectivity index (χ0v) is 11.4. The van der Waals surface area contributed by atoms with Crippen LogP contribution in [0.3, 0.4) is 0 Å². The Labute approximate surface area is 122 Å². The van der Waals surface area contributed by atoms with Gasteiger partial charge >= 0.3 is 6.03 Å². The van der Waals surface area contributed by atoms with Gasteiger partial charge in [-0.25, -0.2) is 9.18 Å². The highest BCUT2D eigenvalue weighted by Gasteiger charge is 2.12. The van der Waals surface area contributed by atoms with Gasteiger partial charge in [-0.15, -0.1) is 10.2 Å². The van der Waals surface area contributed by atoms with Crippen LogP contribution < -0.4 is 10.6 Å². The van der Waals surface area contributed by atoms with Gasteiger partial charge in [-0.05, 0) is 24.3 Å². The van der Waals surface area contributed by atoms with E-state index < -0.39 is 11.8 Å². The molecule has 0 bridgehead atoms. The van der Waals surface area contributed by atoms with Crippen LogP contribution in [0.2, 0.25) is 0 Å². The molecule has 0 radical (unpaired) electrons. The molecular weight excluding hydrogens is 295 g/mol. The highest BCUT2D eigenvalue weighted by atomic mass is 32.1. The van der Waals surface area contributed by atoms with Crippen molar-refractivity contribution in [2.24, 2.45) is 0 Å². The fourth-order valence-electron chi connectivity index (χ4n) is 1.59. The number of furan rings is 1. The summed E-state index contributed by atoms with van der Waals surface area (Å²) in [4.78, 5) is 11.8. The molecule has 0 aliphatic heterocycles. The molecule has 106 valence electrons. The lowest BCUT2D eigenvalue weighted by Crippen LogP contribution is -2.19. The fourth-order valence-corrected chi connectivity index (χ4v) is 2.29. The van der Waals surface area contributed by atoms with E-state index in [2.05, 4.69) is 20.8 Å². The smallest absolute Gasteiger partial charge is 0.325 e. The molecule has 0 aliphatic rings. The molecule has 3 aromatic rings. The molecule has 0 fully saturated rings. The third-order valence-electron chi connectivity index (χ3n) is 2.50. The largest absolute Gasteiger partial charge is 0.462 e. The monoisotopic (exact) mass is 304 g/mol. The maximum absolute atomic E-state index is 13.4. The van der Waals surface area contributed by atoms with Gasteiger partial charge in [-0.2, -0.15) is 0 Å². The van der Waals surface area contributed by atoms with Crippen molar-refractivity contribution in [2.45, 2.75) is 0 Å². The van der Waals surface area contributed by atoms with Gasteiger partial charge in [-0.3, -0.25) is 5.32 Å². The summed E-state index contributed by atoms with van der Waals surface area (Å²) in [6, 6.07) is 8.76. The highest BCUT2D eigenvalue weighted by Crippen LogP contribution is 2.26. The summed E-state index contributed by atoms with van der Waals surface area (Å²) in [6.07, 6.45) is 1.52. The number of carbonyl (C=O) groups excluding carboxylic acids is 1.